The van der Waals surface area contributed by atoms with Crippen LogP contribution in [0.4, 0.5) is 14.7 Å². The van der Waals surface area contributed by atoms with Gasteiger partial charge in [0.1, 0.15) is 5.75 Å². The Labute approximate surface area is 210 Å². The van der Waals surface area contributed by atoms with Gasteiger partial charge in [-0.3, -0.25) is 19.0 Å². The molecular formula is C26H23F2N7O2. The molecule has 5 aromatic rings. The van der Waals surface area contributed by atoms with Gasteiger partial charge in [-0.15, -0.1) is 0 Å². The SMILES string of the molecule is CC(C)Nc1ncc(-c2ccc3c(F)c(Oc4ccnc(-c5cnn(C)c5)c4)c(F)cc3n2)c(=O)n1C. The summed E-state index contributed by atoms with van der Waals surface area (Å²) in [5.74, 6) is -1.79. The van der Waals surface area contributed by atoms with Gasteiger partial charge in [0.15, 0.2) is 17.4 Å². The van der Waals surface area contributed by atoms with E-state index in [1.54, 1.807) is 37.2 Å². The van der Waals surface area contributed by atoms with Crippen LogP contribution in [0.25, 0.3) is 33.4 Å². The van der Waals surface area contributed by atoms with Crippen LogP contribution < -0.4 is 15.6 Å². The Morgan fingerprint density at radius 2 is 1.84 bits per heavy atom. The number of ether oxygens (including phenoxy) is 1. The number of benzene rings is 1. The van der Waals surface area contributed by atoms with E-state index in [1.165, 1.54) is 35.2 Å². The van der Waals surface area contributed by atoms with Crippen molar-refractivity contribution in [1.29, 1.82) is 0 Å². The van der Waals surface area contributed by atoms with Gasteiger partial charge in [0, 0.05) is 61.8 Å². The molecule has 1 N–H and O–H groups in total. The van der Waals surface area contributed by atoms with Crippen molar-refractivity contribution in [2.24, 2.45) is 14.1 Å². The topological polar surface area (TPSA) is 99.8 Å². The van der Waals surface area contributed by atoms with Gasteiger partial charge in [-0.1, -0.05) is 0 Å². The first-order chi connectivity index (χ1) is 17.7. The zero-order valence-corrected chi connectivity index (χ0v) is 20.5. The Morgan fingerprint density at radius 3 is 2.57 bits per heavy atom. The molecular weight excluding hydrogens is 480 g/mol. The number of pyridine rings is 2. The van der Waals surface area contributed by atoms with E-state index in [4.69, 9.17) is 4.74 Å². The molecule has 188 valence electrons. The first-order valence-electron chi connectivity index (χ1n) is 11.5. The van der Waals surface area contributed by atoms with Crippen LogP contribution in [-0.4, -0.2) is 35.3 Å². The third-order valence-electron chi connectivity index (χ3n) is 5.66. The predicted octanol–water partition coefficient (Wildman–Crippen LogP) is 4.68. The Morgan fingerprint density at radius 1 is 1.03 bits per heavy atom. The Hall–Kier alpha value is -4.67. The molecule has 5 rings (SSSR count). The second-order valence-electron chi connectivity index (χ2n) is 8.80. The van der Waals surface area contributed by atoms with Gasteiger partial charge in [-0.05, 0) is 32.0 Å². The molecule has 0 spiro atoms. The van der Waals surface area contributed by atoms with Gasteiger partial charge in [-0.25, -0.2) is 18.7 Å². The van der Waals surface area contributed by atoms with Crippen molar-refractivity contribution in [2.45, 2.75) is 19.9 Å². The molecule has 0 bridgehead atoms. The van der Waals surface area contributed by atoms with Crippen molar-refractivity contribution in [3.8, 4) is 34.0 Å². The molecule has 0 unspecified atom stereocenters. The van der Waals surface area contributed by atoms with E-state index in [1.807, 2.05) is 13.8 Å². The summed E-state index contributed by atoms with van der Waals surface area (Å²) in [5.41, 5.74) is 1.44. The molecule has 37 heavy (non-hydrogen) atoms. The van der Waals surface area contributed by atoms with Crippen LogP contribution in [0.5, 0.6) is 11.5 Å². The summed E-state index contributed by atoms with van der Waals surface area (Å²) in [6.07, 6.45) is 6.28. The number of aryl methyl sites for hydroxylation is 1. The fraction of sp³-hybridized carbons (Fsp3) is 0.192. The predicted molar refractivity (Wildman–Crippen MR) is 135 cm³/mol. The second kappa shape index (κ2) is 9.41. The normalized spacial score (nSPS) is 11.3. The van der Waals surface area contributed by atoms with E-state index in [0.29, 0.717) is 11.6 Å². The molecule has 0 fully saturated rings. The molecule has 0 aliphatic carbocycles. The summed E-state index contributed by atoms with van der Waals surface area (Å²) in [6.45, 7) is 3.86. The molecule has 0 radical (unpaired) electrons. The van der Waals surface area contributed by atoms with E-state index < -0.39 is 17.4 Å². The number of aromatic nitrogens is 6. The molecule has 0 amide bonds. The van der Waals surface area contributed by atoms with Gasteiger partial charge in [0.25, 0.3) is 5.56 Å². The summed E-state index contributed by atoms with van der Waals surface area (Å²) in [4.78, 5) is 25.8. The number of fused-ring (bicyclic) bond motifs is 1. The van der Waals surface area contributed by atoms with Gasteiger partial charge in [0.2, 0.25) is 5.95 Å². The van der Waals surface area contributed by atoms with Crippen LogP contribution in [0.1, 0.15) is 13.8 Å². The average molecular weight is 504 g/mol. The van der Waals surface area contributed by atoms with Gasteiger partial charge >= 0.3 is 0 Å². The van der Waals surface area contributed by atoms with E-state index >= 15 is 8.78 Å². The maximum atomic E-state index is 15.4. The summed E-state index contributed by atoms with van der Waals surface area (Å²) in [7, 11) is 3.36. The van der Waals surface area contributed by atoms with Crippen LogP contribution in [0.2, 0.25) is 0 Å². The maximum absolute atomic E-state index is 15.4. The molecule has 4 aromatic heterocycles. The molecule has 0 aliphatic heterocycles. The second-order valence-corrected chi connectivity index (χ2v) is 8.80. The monoisotopic (exact) mass is 503 g/mol. The fourth-order valence-corrected chi connectivity index (χ4v) is 3.84. The van der Waals surface area contributed by atoms with Crippen LogP contribution in [0, 0.1) is 11.6 Å². The Kier molecular flexibility index (Phi) is 6.12. The molecule has 0 atom stereocenters. The number of nitrogens with one attached hydrogen (secondary N) is 1. The lowest BCUT2D eigenvalue weighted by Gasteiger charge is -2.14. The van der Waals surface area contributed by atoms with Crippen molar-refractivity contribution < 1.29 is 13.5 Å². The Bertz CT molecular complexity index is 1690. The number of rotatable bonds is 6. The van der Waals surface area contributed by atoms with E-state index in [-0.39, 0.29) is 39.5 Å². The van der Waals surface area contributed by atoms with E-state index in [9.17, 15) is 4.79 Å². The zero-order valence-electron chi connectivity index (χ0n) is 20.5. The third-order valence-corrected chi connectivity index (χ3v) is 5.66. The largest absolute Gasteiger partial charge is 0.451 e. The first kappa shape index (κ1) is 24.0. The van der Waals surface area contributed by atoms with Crippen molar-refractivity contribution in [3.63, 3.8) is 0 Å². The summed E-state index contributed by atoms with van der Waals surface area (Å²) in [5, 5.41) is 7.24. The molecule has 0 aliphatic rings. The van der Waals surface area contributed by atoms with Crippen molar-refractivity contribution in [2.75, 3.05) is 5.32 Å². The highest BCUT2D eigenvalue weighted by Crippen LogP contribution is 2.34. The quantitative estimate of drug-likeness (QED) is 0.359. The van der Waals surface area contributed by atoms with E-state index in [2.05, 4.69) is 25.4 Å². The smallest absolute Gasteiger partial charge is 0.264 e. The molecule has 0 saturated carbocycles. The lowest BCUT2D eigenvalue weighted by molar-refractivity contribution is 0.411. The number of halogens is 2. The molecule has 11 heteroatoms. The van der Waals surface area contributed by atoms with Crippen LogP contribution in [0.3, 0.4) is 0 Å². The summed E-state index contributed by atoms with van der Waals surface area (Å²) < 4.78 is 39.0. The van der Waals surface area contributed by atoms with Crippen LogP contribution in [0.15, 0.2) is 59.9 Å². The summed E-state index contributed by atoms with van der Waals surface area (Å²) >= 11 is 0. The highest BCUT2D eigenvalue weighted by atomic mass is 19.1. The zero-order chi connectivity index (χ0) is 26.3. The minimum atomic E-state index is -0.933. The fourth-order valence-electron chi connectivity index (χ4n) is 3.84. The van der Waals surface area contributed by atoms with E-state index in [0.717, 1.165) is 11.6 Å². The lowest BCUT2D eigenvalue weighted by Crippen LogP contribution is -2.25. The van der Waals surface area contributed by atoms with Gasteiger partial charge in [-0.2, -0.15) is 5.10 Å². The van der Waals surface area contributed by atoms with Crippen LogP contribution >= 0.6 is 0 Å². The molecule has 0 saturated heterocycles. The van der Waals surface area contributed by atoms with Gasteiger partial charge < -0.3 is 10.1 Å². The molecule has 1 aromatic carbocycles. The number of hydrogen-bond donors (Lipinski definition) is 1. The number of nitrogens with zero attached hydrogens (tertiary/aromatic N) is 6. The minimum Gasteiger partial charge on any atom is -0.451 e. The summed E-state index contributed by atoms with van der Waals surface area (Å²) in [6, 6.07) is 7.17. The Balaban J connectivity index is 1.50. The van der Waals surface area contributed by atoms with Crippen molar-refractivity contribution in [3.05, 3.63) is 77.1 Å². The molecule has 9 nitrogen and oxygen atoms in total. The highest BCUT2D eigenvalue weighted by molar-refractivity contribution is 5.84. The highest BCUT2D eigenvalue weighted by Gasteiger charge is 2.19. The third kappa shape index (κ3) is 4.63. The van der Waals surface area contributed by atoms with Crippen LogP contribution in [-0.2, 0) is 14.1 Å². The maximum Gasteiger partial charge on any atom is 0.264 e. The average Bonchev–Trinajstić information content (AvgIpc) is 3.31. The van der Waals surface area contributed by atoms with Gasteiger partial charge in [0.05, 0.1) is 28.7 Å². The number of anilines is 1. The van der Waals surface area contributed by atoms with Crippen molar-refractivity contribution >= 4 is 16.9 Å². The number of hydrogen-bond acceptors (Lipinski definition) is 7. The first-order valence-corrected chi connectivity index (χ1v) is 11.5. The lowest BCUT2D eigenvalue weighted by atomic mass is 10.1. The van der Waals surface area contributed by atoms with Crippen molar-refractivity contribution in [1.82, 2.24) is 29.3 Å². The minimum absolute atomic E-state index is 0.0389. The standard InChI is InChI=1S/C26H23F2N7O2/c1-14(2)32-26-30-12-18(25(36)35(26)4)20-6-5-17-22(33-20)10-19(27)24(23(17)28)37-16-7-8-29-21(9-16)15-11-31-34(3)13-15/h5-14H,1-4H3,(H,30,32). The molecule has 4 heterocycles.